The smallest absolute Gasteiger partial charge is 0.173 e. The van der Waals surface area contributed by atoms with Crippen molar-refractivity contribution < 1.29 is 0 Å². The van der Waals surface area contributed by atoms with E-state index in [-0.39, 0.29) is 0 Å². The molecule has 1 aliphatic carbocycles. The highest BCUT2D eigenvalue weighted by molar-refractivity contribution is 7.80. The first kappa shape index (κ1) is 27.7. The number of thiocarbonyl (C=S) groups is 1. The Morgan fingerprint density at radius 1 is 1.03 bits per heavy atom. The first-order valence-electron chi connectivity index (χ1n) is 13.6. The van der Waals surface area contributed by atoms with Gasteiger partial charge in [-0.1, -0.05) is 60.7 Å². The minimum absolute atomic E-state index is 0.735. The number of aryl methyl sites for hydroxylation is 2. The van der Waals surface area contributed by atoms with Crippen LogP contribution >= 0.6 is 23.8 Å². The van der Waals surface area contributed by atoms with Crippen LogP contribution in [-0.2, 0) is 13.1 Å². The van der Waals surface area contributed by atoms with Crippen LogP contribution in [0.5, 0.6) is 0 Å². The van der Waals surface area contributed by atoms with Gasteiger partial charge in [0.25, 0.3) is 0 Å². The molecule has 37 heavy (non-hydrogen) atoms. The van der Waals surface area contributed by atoms with Crippen LogP contribution in [0.1, 0.15) is 60.9 Å². The van der Waals surface area contributed by atoms with E-state index >= 15 is 0 Å². The van der Waals surface area contributed by atoms with Crippen molar-refractivity contribution >= 4 is 34.6 Å². The Kier molecular flexibility index (Phi) is 10.1. The largest absolute Gasteiger partial charge is 0.345 e. The van der Waals surface area contributed by atoms with Crippen molar-refractivity contribution in [2.45, 2.75) is 71.5 Å². The molecule has 0 saturated heterocycles. The first-order valence-corrected chi connectivity index (χ1v) is 14.4. The number of hydrogen-bond donors (Lipinski definition) is 1. The molecule has 1 heterocycles. The summed E-state index contributed by atoms with van der Waals surface area (Å²) < 4.78 is 2.31. The highest BCUT2D eigenvalue weighted by Gasteiger charge is 2.19. The maximum Gasteiger partial charge on any atom is 0.173 e. The Labute approximate surface area is 233 Å². The van der Waals surface area contributed by atoms with Crippen LogP contribution in [0.3, 0.4) is 0 Å². The average molecular weight is 537 g/mol. The molecule has 4 nitrogen and oxygen atoms in total. The summed E-state index contributed by atoms with van der Waals surface area (Å²) in [5, 5.41) is 5.10. The van der Waals surface area contributed by atoms with Crippen molar-refractivity contribution in [2.75, 3.05) is 25.5 Å². The summed E-state index contributed by atoms with van der Waals surface area (Å²) in [6.07, 6.45) is 10.0. The van der Waals surface area contributed by atoms with Crippen molar-refractivity contribution in [3.05, 3.63) is 88.2 Å². The molecule has 3 aromatic rings. The van der Waals surface area contributed by atoms with E-state index in [0.29, 0.717) is 0 Å². The quantitative estimate of drug-likeness (QED) is 0.269. The van der Waals surface area contributed by atoms with Crippen molar-refractivity contribution in [3.63, 3.8) is 0 Å². The molecule has 1 N–H and O–H groups in total. The lowest BCUT2D eigenvalue weighted by atomic mass is 9.94. The average Bonchev–Trinajstić information content (AvgIpc) is 3.33. The molecule has 1 fully saturated rings. The van der Waals surface area contributed by atoms with Gasteiger partial charge in [0.1, 0.15) is 0 Å². The number of benzene rings is 2. The first-order chi connectivity index (χ1) is 17.9. The predicted octanol–water partition coefficient (Wildman–Crippen LogP) is 7.66. The summed E-state index contributed by atoms with van der Waals surface area (Å²) in [6.45, 7) is 7.86. The minimum Gasteiger partial charge on any atom is -0.345 e. The van der Waals surface area contributed by atoms with Gasteiger partial charge < -0.3 is 19.7 Å². The Balaban J connectivity index is 1.45. The molecule has 1 aliphatic rings. The minimum atomic E-state index is 0.735. The highest BCUT2D eigenvalue weighted by atomic mass is 35.5. The third-order valence-electron chi connectivity index (χ3n) is 7.59. The van der Waals surface area contributed by atoms with Crippen LogP contribution in [0.25, 0.3) is 0 Å². The molecule has 0 radical (unpaired) electrons. The Hall–Kier alpha value is -2.34. The summed E-state index contributed by atoms with van der Waals surface area (Å²) >= 11 is 12.1. The molecule has 198 valence electrons. The number of nitrogens with zero attached hydrogens (tertiary/aromatic N) is 3. The molecule has 0 atom stereocenters. The van der Waals surface area contributed by atoms with Crippen molar-refractivity contribution in [1.82, 2.24) is 14.4 Å². The zero-order valence-electron chi connectivity index (χ0n) is 22.5. The molecule has 0 aliphatic heterocycles. The number of hydrogen-bond acceptors (Lipinski definition) is 2. The van der Waals surface area contributed by atoms with Crippen LogP contribution in [0.4, 0.5) is 5.69 Å². The standard InChI is InChI=1S/C31H41ClN4S/c1-24-12-17-30(25(2)21-24)33-31(37)36(20-8-18-34(3)28-9-5-4-6-10-28)23-29-11-7-19-35(29)22-26-13-15-27(32)16-14-26/h7,11-17,19,21,28H,4-6,8-10,18,20,22-23H2,1-3H3,(H,33,37). The fraction of sp³-hybridized carbons (Fsp3) is 0.452. The van der Waals surface area contributed by atoms with E-state index in [0.717, 1.165) is 54.5 Å². The fourth-order valence-electron chi connectivity index (χ4n) is 5.35. The van der Waals surface area contributed by atoms with Gasteiger partial charge in [-0.3, -0.25) is 0 Å². The number of aromatic nitrogens is 1. The van der Waals surface area contributed by atoms with Crippen LogP contribution in [0.2, 0.25) is 5.02 Å². The van der Waals surface area contributed by atoms with Gasteiger partial charge in [-0.2, -0.15) is 0 Å². The zero-order chi connectivity index (χ0) is 26.2. The lowest BCUT2D eigenvalue weighted by Gasteiger charge is -2.32. The maximum atomic E-state index is 6.10. The van der Waals surface area contributed by atoms with Gasteiger partial charge in [-0.25, -0.2) is 0 Å². The lowest BCUT2D eigenvalue weighted by molar-refractivity contribution is 0.185. The number of halogens is 1. The normalized spacial score (nSPS) is 14.2. The Morgan fingerprint density at radius 2 is 1.78 bits per heavy atom. The van der Waals surface area contributed by atoms with Crippen molar-refractivity contribution in [3.8, 4) is 0 Å². The summed E-state index contributed by atoms with van der Waals surface area (Å²) in [7, 11) is 2.30. The van der Waals surface area contributed by atoms with E-state index in [1.165, 1.54) is 54.5 Å². The van der Waals surface area contributed by atoms with Gasteiger partial charge >= 0.3 is 0 Å². The van der Waals surface area contributed by atoms with Gasteiger partial charge in [0.2, 0.25) is 0 Å². The third kappa shape index (κ3) is 8.07. The van der Waals surface area contributed by atoms with Crippen LogP contribution in [-0.4, -0.2) is 45.7 Å². The molecular formula is C31H41ClN4S. The SMILES string of the molecule is Cc1ccc(NC(=S)N(CCCN(C)C2CCCCC2)Cc2cccn2Cc2ccc(Cl)cc2)c(C)c1. The van der Waals surface area contributed by atoms with Crippen molar-refractivity contribution in [2.24, 2.45) is 0 Å². The molecule has 0 bridgehead atoms. The Bertz CT molecular complexity index is 1150. The summed E-state index contributed by atoms with van der Waals surface area (Å²) in [5.74, 6) is 0. The summed E-state index contributed by atoms with van der Waals surface area (Å²) in [5.41, 5.74) is 6.04. The molecule has 0 amide bonds. The van der Waals surface area contributed by atoms with E-state index < -0.39 is 0 Å². The van der Waals surface area contributed by atoms with Crippen LogP contribution in [0, 0.1) is 13.8 Å². The molecule has 4 rings (SSSR count). The maximum absolute atomic E-state index is 6.10. The predicted molar refractivity (Wildman–Crippen MR) is 162 cm³/mol. The second kappa shape index (κ2) is 13.5. The number of rotatable bonds is 10. The molecular weight excluding hydrogens is 496 g/mol. The third-order valence-corrected chi connectivity index (χ3v) is 8.20. The fourth-order valence-corrected chi connectivity index (χ4v) is 5.74. The molecule has 1 saturated carbocycles. The number of anilines is 1. The summed E-state index contributed by atoms with van der Waals surface area (Å²) in [6, 6.07) is 19.6. The highest BCUT2D eigenvalue weighted by Crippen LogP contribution is 2.22. The van der Waals surface area contributed by atoms with E-state index in [1.807, 2.05) is 12.1 Å². The number of nitrogens with one attached hydrogen (secondary N) is 1. The monoisotopic (exact) mass is 536 g/mol. The summed E-state index contributed by atoms with van der Waals surface area (Å²) in [4.78, 5) is 4.90. The topological polar surface area (TPSA) is 23.4 Å². The Morgan fingerprint density at radius 3 is 2.51 bits per heavy atom. The van der Waals surface area contributed by atoms with E-state index in [4.69, 9.17) is 23.8 Å². The molecule has 1 aromatic heterocycles. The van der Waals surface area contributed by atoms with E-state index in [1.54, 1.807) is 0 Å². The molecule has 0 spiro atoms. The molecule has 0 unspecified atom stereocenters. The van der Waals surface area contributed by atoms with Gasteiger partial charge in [-0.05, 0) is 100 Å². The van der Waals surface area contributed by atoms with Gasteiger partial charge in [0.05, 0.1) is 6.54 Å². The van der Waals surface area contributed by atoms with Crippen LogP contribution in [0.15, 0.2) is 60.8 Å². The molecule has 2 aromatic carbocycles. The van der Waals surface area contributed by atoms with Gasteiger partial charge in [0.15, 0.2) is 5.11 Å². The lowest BCUT2D eigenvalue weighted by Crippen LogP contribution is -2.39. The van der Waals surface area contributed by atoms with Gasteiger partial charge in [-0.15, -0.1) is 0 Å². The second-order valence-corrected chi connectivity index (χ2v) is 11.4. The van der Waals surface area contributed by atoms with Gasteiger partial charge in [0, 0.05) is 41.7 Å². The van der Waals surface area contributed by atoms with Crippen LogP contribution < -0.4 is 5.32 Å². The van der Waals surface area contributed by atoms with Crippen molar-refractivity contribution in [1.29, 1.82) is 0 Å². The van der Waals surface area contributed by atoms with E-state index in [9.17, 15) is 0 Å². The van der Waals surface area contributed by atoms with E-state index in [2.05, 4.69) is 89.2 Å². The molecule has 6 heteroatoms. The zero-order valence-corrected chi connectivity index (χ0v) is 24.1. The second-order valence-electron chi connectivity index (χ2n) is 10.5.